The van der Waals surface area contributed by atoms with Crippen molar-refractivity contribution in [3.8, 4) is 22.9 Å². The molecule has 1 N–H and O–H groups in total. The first-order chi connectivity index (χ1) is 10.2. The van der Waals surface area contributed by atoms with Gasteiger partial charge in [0.25, 0.3) is 0 Å². The summed E-state index contributed by atoms with van der Waals surface area (Å²) in [6.45, 7) is 2.49. The van der Waals surface area contributed by atoms with Crippen molar-refractivity contribution in [3.63, 3.8) is 0 Å². The van der Waals surface area contributed by atoms with E-state index in [1.807, 2.05) is 25.1 Å². The van der Waals surface area contributed by atoms with Crippen molar-refractivity contribution in [2.45, 2.75) is 6.92 Å². The third-order valence-corrected chi connectivity index (χ3v) is 3.18. The van der Waals surface area contributed by atoms with E-state index in [4.69, 9.17) is 9.47 Å². The summed E-state index contributed by atoms with van der Waals surface area (Å²) in [5.41, 5.74) is 2.24. The van der Waals surface area contributed by atoms with Crippen LogP contribution >= 0.6 is 0 Å². The highest BCUT2D eigenvalue weighted by molar-refractivity contribution is 5.79. The van der Waals surface area contributed by atoms with E-state index >= 15 is 0 Å². The SMILES string of the molecule is CCOc1ccc(-c2nc3ccc(F)cc3[nH]2)cc1OC. The van der Waals surface area contributed by atoms with Crippen LogP contribution in [-0.2, 0) is 0 Å². The fourth-order valence-corrected chi connectivity index (χ4v) is 2.21. The molecule has 0 bridgehead atoms. The summed E-state index contributed by atoms with van der Waals surface area (Å²) in [7, 11) is 1.59. The van der Waals surface area contributed by atoms with Crippen LogP contribution in [-0.4, -0.2) is 23.7 Å². The molecule has 0 radical (unpaired) electrons. The predicted molar refractivity (Wildman–Crippen MR) is 79.2 cm³/mol. The minimum atomic E-state index is -0.290. The predicted octanol–water partition coefficient (Wildman–Crippen LogP) is 3.78. The molecule has 0 unspecified atom stereocenters. The van der Waals surface area contributed by atoms with Gasteiger partial charge in [-0.1, -0.05) is 0 Å². The zero-order valence-corrected chi connectivity index (χ0v) is 11.8. The average Bonchev–Trinajstić information content (AvgIpc) is 2.91. The first-order valence-corrected chi connectivity index (χ1v) is 6.67. The summed E-state index contributed by atoms with van der Waals surface area (Å²) < 4.78 is 24.0. The minimum Gasteiger partial charge on any atom is -0.493 e. The number of H-pyrrole nitrogens is 1. The van der Waals surface area contributed by atoms with Crippen molar-refractivity contribution in [3.05, 3.63) is 42.2 Å². The van der Waals surface area contributed by atoms with Gasteiger partial charge in [-0.05, 0) is 43.3 Å². The number of hydrogen-bond donors (Lipinski definition) is 1. The quantitative estimate of drug-likeness (QED) is 0.794. The van der Waals surface area contributed by atoms with Gasteiger partial charge in [-0.2, -0.15) is 0 Å². The number of nitrogens with zero attached hydrogens (tertiary/aromatic N) is 1. The molecule has 3 rings (SSSR count). The molecule has 0 aliphatic heterocycles. The molecule has 1 heterocycles. The van der Waals surface area contributed by atoms with E-state index < -0.39 is 0 Å². The molecule has 0 fully saturated rings. The van der Waals surface area contributed by atoms with Crippen LogP contribution in [0, 0.1) is 5.82 Å². The number of fused-ring (bicyclic) bond motifs is 1. The summed E-state index contributed by atoms with van der Waals surface area (Å²) >= 11 is 0. The number of methoxy groups -OCH3 is 1. The van der Waals surface area contributed by atoms with Crippen LogP contribution in [0.3, 0.4) is 0 Å². The van der Waals surface area contributed by atoms with Gasteiger partial charge < -0.3 is 14.5 Å². The zero-order chi connectivity index (χ0) is 14.8. The van der Waals surface area contributed by atoms with Crippen molar-refractivity contribution < 1.29 is 13.9 Å². The Kier molecular flexibility index (Phi) is 3.48. The normalized spacial score (nSPS) is 10.8. The Morgan fingerprint density at radius 1 is 1.14 bits per heavy atom. The van der Waals surface area contributed by atoms with Crippen LogP contribution in [0.1, 0.15) is 6.92 Å². The molecular weight excluding hydrogens is 271 g/mol. The molecule has 5 heteroatoms. The number of aromatic nitrogens is 2. The van der Waals surface area contributed by atoms with E-state index in [0.29, 0.717) is 29.4 Å². The molecule has 108 valence electrons. The van der Waals surface area contributed by atoms with Crippen LogP contribution in [0.15, 0.2) is 36.4 Å². The average molecular weight is 286 g/mol. The Morgan fingerprint density at radius 2 is 2.00 bits per heavy atom. The van der Waals surface area contributed by atoms with Gasteiger partial charge in [0.2, 0.25) is 0 Å². The molecule has 2 aromatic carbocycles. The standard InChI is InChI=1S/C16H15FN2O2/c1-3-21-14-7-4-10(8-15(14)20-2)16-18-12-6-5-11(17)9-13(12)19-16/h4-9H,3H2,1-2H3,(H,18,19). The molecular formula is C16H15FN2O2. The number of aromatic amines is 1. The zero-order valence-electron chi connectivity index (χ0n) is 11.8. The van der Waals surface area contributed by atoms with Gasteiger partial charge in [-0.25, -0.2) is 9.37 Å². The summed E-state index contributed by atoms with van der Waals surface area (Å²) in [4.78, 5) is 7.56. The van der Waals surface area contributed by atoms with Gasteiger partial charge in [0, 0.05) is 5.56 Å². The lowest BCUT2D eigenvalue weighted by molar-refractivity contribution is 0.311. The van der Waals surface area contributed by atoms with Crippen molar-refractivity contribution in [2.75, 3.05) is 13.7 Å². The maximum Gasteiger partial charge on any atom is 0.161 e. The van der Waals surface area contributed by atoms with E-state index in [2.05, 4.69) is 9.97 Å². The molecule has 0 saturated heterocycles. The second kappa shape index (κ2) is 5.44. The maximum absolute atomic E-state index is 13.2. The molecule has 0 spiro atoms. The van der Waals surface area contributed by atoms with Crippen LogP contribution in [0.5, 0.6) is 11.5 Å². The smallest absolute Gasteiger partial charge is 0.161 e. The molecule has 4 nitrogen and oxygen atoms in total. The third-order valence-electron chi connectivity index (χ3n) is 3.18. The van der Waals surface area contributed by atoms with Crippen molar-refractivity contribution in [2.24, 2.45) is 0 Å². The number of ether oxygens (including phenoxy) is 2. The van der Waals surface area contributed by atoms with E-state index in [9.17, 15) is 4.39 Å². The van der Waals surface area contributed by atoms with E-state index in [1.54, 1.807) is 13.2 Å². The number of rotatable bonds is 4. The van der Waals surface area contributed by atoms with Crippen LogP contribution in [0.25, 0.3) is 22.4 Å². The molecule has 0 atom stereocenters. The molecule has 21 heavy (non-hydrogen) atoms. The lowest BCUT2D eigenvalue weighted by Gasteiger charge is -2.09. The highest BCUT2D eigenvalue weighted by Crippen LogP contribution is 2.32. The summed E-state index contributed by atoms with van der Waals surface area (Å²) in [6.07, 6.45) is 0. The van der Waals surface area contributed by atoms with Gasteiger partial charge in [-0.3, -0.25) is 0 Å². The second-order valence-electron chi connectivity index (χ2n) is 4.55. The summed E-state index contributed by atoms with van der Waals surface area (Å²) in [5, 5.41) is 0. The van der Waals surface area contributed by atoms with Crippen molar-refractivity contribution >= 4 is 11.0 Å². The van der Waals surface area contributed by atoms with E-state index in [1.165, 1.54) is 12.1 Å². The summed E-state index contributed by atoms with van der Waals surface area (Å²) in [5.74, 6) is 1.70. The fourth-order valence-electron chi connectivity index (χ4n) is 2.21. The van der Waals surface area contributed by atoms with Gasteiger partial charge >= 0.3 is 0 Å². The third kappa shape index (κ3) is 2.54. The summed E-state index contributed by atoms with van der Waals surface area (Å²) in [6, 6.07) is 10.0. The van der Waals surface area contributed by atoms with Crippen LogP contribution in [0.2, 0.25) is 0 Å². The van der Waals surface area contributed by atoms with Crippen molar-refractivity contribution in [1.29, 1.82) is 0 Å². The molecule has 0 aliphatic carbocycles. The Hall–Kier alpha value is -2.56. The van der Waals surface area contributed by atoms with Gasteiger partial charge in [0.1, 0.15) is 11.6 Å². The number of hydrogen-bond acceptors (Lipinski definition) is 3. The molecule has 1 aromatic heterocycles. The van der Waals surface area contributed by atoms with Gasteiger partial charge in [0.05, 0.1) is 24.8 Å². The van der Waals surface area contributed by atoms with Crippen LogP contribution in [0.4, 0.5) is 4.39 Å². The molecule has 0 saturated carbocycles. The highest BCUT2D eigenvalue weighted by Gasteiger charge is 2.10. The van der Waals surface area contributed by atoms with Gasteiger partial charge in [0.15, 0.2) is 11.5 Å². The lowest BCUT2D eigenvalue weighted by atomic mass is 10.2. The van der Waals surface area contributed by atoms with Crippen LogP contribution < -0.4 is 9.47 Å². The second-order valence-corrected chi connectivity index (χ2v) is 4.55. The lowest BCUT2D eigenvalue weighted by Crippen LogP contribution is -1.95. The Bertz CT molecular complexity index is 783. The Balaban J connectivity index is 2.05. The molecule has 0 amide bonds. The number of nitrogens with one attached hydrogen (secondary N) is 1. The fraction of sp³-hybridized carbons (Fsp3) is 0.188. The number of halogens is 1. The first kappa shape index (κ1) is 13.4. The highest BCUT2D eigenvalue weighted by atomic mass is 19.1. The molecule has 0 aliphatic rings. The largest absolute Gasteiger partial charge is 0.493 e. The van der Waals surface area contributed by atoms with Crippen molar-refractivity contribution in [1.82, 2.24) is 9.97 Å². The Morgan fingerprint density at radius 3 is 2.76 bits per heavy atom. The topological polar surface area (TPSA) is 47.1 Å². The number of imidazole rings is 1. The first-order valence-electron chi connectivity index (χ1n) is 6.67. The Labute approximate surface area is 121 Å². The van der Waals surface area contributed by atoms with Gasteiger partial charge in [-0.15, -0.1) is 0 Å². The maximum atomic E-state index is 13.2. The number of benzene rings is 2. The molecule has 3 aromatic rings. The van der Waals surface area contributed by atoms with E-state index in [-0.39, 0.29) is 5.82 Å². The minimum absolute atomic E-state index is 0.290. The monoisotopic (exact) mass is 286 g/mol. The van der Waals surface area contributed by atoms with E-state index in [0.717, 1.165) is 11.1 Å².